The van der Waals surface area contributed by atoms with E-state index in [1.54, 1.807) is 24.3 Å². The number of methoxy groups -OCH3 is 1. The van der Waals surface area contributed by atoms with Crippen LogP contribution in [-0.2, 0) is 16.4 Å². The fraction of sp³-hybridized carbons (Fsp3) is 0.158. The van der Waals surface area contributed by atoms with Crippen LogP contribution in [0.1, 0.15) is 10.5 Å². The lowest BCUT2D eigenvalue weighted by Crippen LogP contribution is -2.18. The van der Waals surface area contributed by atoms with Crippen molar-refractivity contribution >= 4 is 21.4 Å². The van der Waals surface area contributed by atoms with E-state index in [0.29, 0.717) is 17.4 Å². The standard InChI is InChI=1S/C19H15F2N3O4S/c1-28-13-4-2-3-11(9-13)16-17(24-7-8-29(26,27)19(24)23-16)18(25)22-15-6-5-12(20)10-14(15)21/h2-6,9-10H,7-8H2,1H3,(H,22,25). The fourth-order valence-electron chi connectivity index (χ4n) is 3.15. The number of aromatic nitrogens is 2. The summed E-state index contributed by atoms with van der Waals surface area (Å²) in [5.41, 5.74) is 0.329. The molecule has 2 aromatic carbocycles. The van der Waals surface area contributed by atoms with Crippen molar-refractivity contribution in [3.05, 3.63) is 59.8 Å². The molecule has 0 atom stereocenters. The van der Waals surface area contributed by atoms with E-state index in [-0.39, 0.29) is 34.5 Å². The molecular weight excluding hydrogens is 404 g/mol. The number of carbonyl (C=O) groups is 1. The molecule has 1 amide bonds. The molecule has 0 unspecified atom stereocenters. The molecule has 1 N–H and O–H groups in total. The van der Waals surface area contributed by atoms with Crippen LogP contribution in [0.5, 0.6) is 5.75 Å². The number of hydrogen-bond donors (Lipinski definition) is 1. The molecule has 0 saturated carbocycles. The van der Waals surface area contributed by atoms with E-state index >= 15 is 0 Å². The summed E-state index contributed by atoms with van der Waals surface area (Å²) < 4.78 is 58.2. The van der Waals surface area contributed by atoms with Crippen LogP contribution in [0.3, 0.4) is 0 Å². The second kappa shape index (κ2) is 6.96. The van der Waals surface area contributed by atoms with Crippen LogP contribution in [0.2, 0.25) is 0 Å². The van der Waals surface area contributed by atoms with E-state index in [0.717, 1.165) is 12.1 Å². The lowest BCUT2D eigenvalue weighted by Gasteiger charge is -2.10. The van der Waals surface area contributed by atoms with Crippen molar-refractivity contribution < 1.29 is 26.7 Å². The van der Waals surface area contributed by atoms with Crippen LogP contribution >= 0.6 is 0 Å². The number of halogens is 2. The van der Waals surface area contributed by atoms with Gasteiger partial charge in [0.2, 0.25) is 15.0 Å². The highest BCUT2D eigenvalue weighted by Crippen LogP contribution is 2.32. The molecule has 1 aliphatic rings. The van der Waals surface area contributed by atoms with Gasteiger partial charge in [-0.2, -0.15) is 0 Å². The minimum absolute atomic E-state index is 0.0296. The molecule has 1 aromatic heterocycles. The number of imidazole rings is 1. The molecule has 29 heavy (non-hydrogen) atoms. The third-order valence-electron chi connectivity index (χ3n) is 4.53. The van der Waals surface area contributed by atoms with Crippen molar-refractivity contribution in [2.45, 2.75) is 11.7 Å². The summed E-state index contributed by atoms with van der Waals surface area (Å²) in [6.45, 7) is 0.0449. The second-order valence-corrected chi connectivity index (χ2v) is 8.38. The lowest BCUT2D eigenvalue weighted by atomic mass is 10.1. The number of nitrogens with zero attached hydrogens (tertiary/aromatic N) is 2. The second-order valence-electron chi connectivity index (χ2n) is 6.37. The van der Waals surface area contributed by atoms with Crippen LogP contribution in [0.4, 0.5) is 14.5 Å². The van der Waals surface area contributed by atoms with Gasteiger partial charge in [-0.1, -0.05) is 12.1 Å². The summed E-state index contributed by atoms with van der Waals surface area (Å²) in [7, 11) is -2.16. The van der Waals surface area contributed by atoms with E-state index in [1.807, 2.05) is 0 Å². The maximum Gasteiger partial charge on any atom is 0.274 e. The summed E-state index contributed by atoms with van der Waals surface area (Å²) in [4.78, 5) is 17.2. The van der Waals surface area contributed by atoms with Crippen molar-refractivity contribution in [1.82, 2.24) is 9.55 Å². The SMILES string of the molecule is COc1cccc(-c2nc3n(c2C(=O)Nc2ccc(F)cc2F)CCS3(=O)=O)c1. The van der Waals surface area contributed by atoms with Gasteiger partial charge in [0.05, 0.1) is 18.6 Å². The van der Waals surface area contributed by atoms with Gasteiger partial charge in [0.1, 0.15) is 28.8 Å². The molecule has 3 aromatic rings. The van der Waals surface area contributed by atoms with Crippen molar-refractivity contribution in [2.24, 2.45) is 0 Å². The zero-order valence-corrected chi connectivity index (χ0v) is 16.0. The molecule has 10 heteroatoms. The third kappa shape index (κ3) is 3.35. The smallest absolute Gasteiger partial charge is 0.274 e. The Balaban J connectivity index is 1.84. The first kappa shape index (κ1) is 19.1. The van der Waals surface area contributed by atoms with Crippen molar-refractivity contribution in [3.63, 3.8) is 0 Å². The number of amides is 1. The van der Waals surface area contributed by atoms with Gasteiger partial charge in [0.15, 0.2) is 0 Å². The monoisotopic (exact) mass is 419 g/mol. The Bertz CT molecular complexity index is 1240. The number of hydrogen-bond acceptors (Lipinski definition) is 5. The Morgan fingerprint density at radius 2 is 2.00 bits per heavy atom. The minimum Gasteiger partial charge on any atom is -0.497 e. The number of carbonyl (C=O) groups excluding carboxylic acids is 1. The van der Waals surface area contributed by atoms with Crippen molar-refractivity contribution in [3.8, 4) is 17.0 Å². The molecule has 4 rings (SSSR count). The average Bonchev–Trinajstić information content (AvgIpc) is 3.22. The molecule has 0 aliphatic carbocycles. The zero-order valence-electron chi connectivity index (χ0n) is 15.1. The Kier molecular flexibility index (Phi) is 4.58. The minimum atomic E-state index is -3.63. The number of sulfone groups is 1. The average molecular weight is 419 g/mol. The largest absolute Gasteiger partial charge is 0.497 e. The van der Waals surface area contributed by atoms with E-state index in [9.17, 15) is 22.0 Å². The highest BCUT2D eigenvalue weighted by atomic mass is 32.2. The molecule has 0 spiro atoms. The van der Waals surface area contributed by atoms with Gasteiger partial charge in [-0.3, -0.25) is 4.79 Å². The molecule has 0 bridgehead atoms. The van der Waals surface area contributed by atoms with E-state index in [2.05, 4.69) is 10.3 Å². The summed E-state index contributed by atoms with van der Waals surface area (Å²) in [5.74, 6) is -2.18. The molecule has 0 radical (unpaired) electrons. The fourth-order valence-corrected chi connectivity index (χ4v) is 4.51. The number of ether oxygens (including phenoxy) is 1. The van der Waals surface area contributed by atoms with Gasteiger partial charge in [-0.05, 0) is 24.3 Å². The summed E-state index contributed by atoms with van der Waals surface area (Å²) in [6, 6.07) is 9.37. The van der Waals surface area contributed by atoms with Gasteiger partial charge in [0, 0.05) is 18.2 Å². The zero-order chi connectivity index (χ0) is 20.8. The van der Waals surface area contributed by atoms with Crippen LogP contribution < -0.4 is 10.1 Å². The van der Waals surface area contributed by atoms with Crippen LogP contribution in [0, 0.1) is 11.6 Å². The summed E-state index contributed by atoms with van der Waals surface area (Å²) in [6.07, 6.45) is 0. The van der Waals surface area contributed by atoms with Gasteiger partial charge in [-0.25, -0.2) is 22.2 Å². The lowest BCUT2D eigenvalue weighted by molar-refractivity contribution is 0.101. The summed E-state index contributed by atoms with van der Waals surface area (Å²) in [5, 5.41) is 2.15. The molecule has 150 valence electrons. The van der Waals surface area contributed by atoms with Crippen LogP contribution in [0.25, 0.3) is 11.3 Å². The van der Waals surface area contributed by atoms with Gasteiger partial charge in [0.25, 0.3) is 5.91 Å². The van der Waals surface area contributed by atoms with Gasteiger partial charge < -0.3 is 14.6 Å². The van der Waals surface area contributed by atoms with Crippen LogP contribution in [-0.4, -0.2) is 36.7 Å². The molecule has 7 nitrogen and oxygen atoms in total. The maximum atomic E-state index is 14.0. The molecule has 0 fully saturated rings. The number of anilines is 1. The highest BCUT2D eigenvalue weighted by Gasteiger charge is 2.35. The molecule has 2 heterocycles. The van der Waals surface area contributed by atoms with Gasteiger partial charge in [-0.15, -0.1) is 0 Å². The number of benzene rings is 2. The number of rotatable bonds is 4. The van der Waals surface area contributed by atoms with E-state index in [4.69, 9.17) is 4.74 Å². The Hall–Kier alpha value is -3.27. The normalized spacial score (nSPS) is 14.4. The first-order valence-electron chi connectivity index (χ1n) is 8.54. The predicted molar refractivity (Wildman–Crippen MR) is 101 cm³/mol. The van der Waals surface area contributed by atoms with E-state index < -0.39 is 27.4 Å². The number of fused-ring (bicyclic) bond motifs is 1. The molecule has 0 saturated heterocycles. The van der Waals surface area contributed by atoms with Crippen molar-refractivity contribution in [1.29, 1.82) is 0 Å². The molecular formula is C19H15F2N3O4S. The van der Waals surface area contributed by atoms with E-state index in [1.165, 1.54) is 11.7 Å². The number of nitrogens with one attached hydrogen (secondary N) is 1. The Labute approximate surface area is 164 Å². The maximum absolute atomic E-state index is 14.0. The highest BCUT2D eigenvalue weighted by molar-refractivity contribution is 7.91. The first-order chi connectivity index (χ1) is 13.8. The quantitative estimate of drug-likeness (QED) is 0.702. The predicted octanol–water partition coefficient (Wildman–Crippen LogP) is 2.88. The first-order valence-corrected chi connectivity index (χ1v) is 10.2. The Morgan fingerprint density at radius 3 is 2.72 bits per heavy atom. The Morgan fingerprint density at radius 1 is 1.21 bits per heavy atom. The van der Waals surface area contributed by atoms with Crippen molar-refractivity contribution in [2.75, 3.05) is 18.2 Å². The third-order valence-corrected chi connectivity index (χ3v) is 6.12. The van der Waals surface area contributed by atoms with Gasteiger partial charge >= 0.3 is 0 Å². The topological polar surface area (TPSA) is 90.3 Å². The molecule has 1 aliphatic heterocycles. The summed E-state index contributed by atoms with van der Waals surface area (Å²) >= 11 is 0. The van der Waals surface area contributed by atoms with Crippen LogP contribution in [0.15, 0.2) is 47.6 Å².